The average molecular weight is 389 g/mol. The van der Waals surface area contributed by atoms with Crippen LogP contribution in [0.4, 0.5) is 0 Å². The zero-order chi connectivity index (χ0) is 20.2. The highest BCUT2D eigenvalue weighted by Crippen LogP contribution is 2.38. The molecule has 0 saturated heterocycles. The van der Waals surface area contributed by atoms with Crippen molar-refractivity contribution in [2.45, 2.75) is 38.5 Å². The molecule has 1 aromatic rings. The van der Waals surface area contributed by atoms with Crippen LogP contribution in [0.3, 0.4) is 0 Å². The second-order valence-electron chi connectivity index (χ2n) is 7.74. The molecule has 156 valence electrons. The molecular weight excluding hydrogens is 352 g/mol. The van der Waals surface area contributed by atoms with Crippen molar-refractivity contribution in [3.8, 4) is 0 Å². The molecule has 28 heavy (non-hydrogen) atoms. The van der Waals surface area contributed by atoms with Crippen molar-refractivity contribution in [3.05, 3.63) is 35.9 Å². The first kappa shape index (κ1) is 22.2. The van der Waals surface area contributed by atoms with Gasteiger partial charge in [-0.2, -0.15) is 0 Å². The molecule has 0 spiro atoms. The molecule has 1 aliphatic rings. The third-order valence-electron chi connectivity index (χ3n) is 5.37. The van der Waals surface area contributed by atoms with E-state index in [-0.39, 0.29) is 11.3 Å². The standard InChI is InChI=1S/C22H36N4O2/c1-23-21(25-18-22(13-7-8-14-22)20(27)26(2)3)24-15-9-16-28-17-12-19-10-5-4-6-11-19/h4-6,10-11H,7-9,12-18H2,1-3H3,(H2,23,24,25). The van der Waals surface area contributed by atoms with Crippen molar-refractivity contribution in [2.75, 3.05) is 47.4 Å². The summed E-state index contributed by atoms with van der Waals surface area (Å²) in [5.41, 5.74) is 1.01. The predicted molar refractivity (Wildman–Crippen MR) is 115 cm³/mol. The molecule has 0 aliphatic heterocycles. The maximum Gasteiger partial charge on any atom is 0.230 e. The Kier molecular flexibility index (Phi) is 9.28. The zero-order valence-electron chi connectivity index (χ0n) is 17.7. The van der Waals surface area contributed by atoms with Gasteiger partial charge in [0.15, 0.2) is 5.96 Å². The van der Waals surface area contributed by atoms with Crippen LogP contribution in [0.2, 0.25) is 0 Å². The Morgan fingerprint density at radius 2 is 1.86 bits per heavy atom. The molecule has 1 fully saturated rings. The number of carbonyl (C=O) groups is 1. The van der Waals surface area contributed by atoms with Crippen molar-refractivity contribution in [2.24, 2.45) is 10.4 Å². The van der Waals surface area contributed by atoms with Gasteiger partial charge >= 0.3 is 0 Å². The second kappa shape index (κ2) is 11.7. The van der Waals surface area contributed by atoms with E-state index in [0.29, 0.717) is 6.54 Å². The number of ether oxygens (including phenoxy) is 1. The summed E-state index contributed by atoms with van der Waals surface area (Å²) in [6.45, 7) is 2.89. The number of nitrogens with one attached hydrogen (secondary N) is 2. The van der Waals surface area contributed by atoms with Crippen LogP contribution < -0.4 is 10.6 Å². The van der Waals surface area contributed by atoms with Crippen molar-refractivity contribution >= 4 is 11.9 Å². The van der Waals surface area contributed by atoms with Gasteiger partial charge in [-0.1, -0.05) is 43.2 Å². The third-order valence-corrected chi connectivity index (χ3v) is 5.37. The molecule has 1 aromatic carbocycles. The molecule has 2 N–H and O–H groups in total. The van der Waals surface area contributed by atoms with Gasteiger partial charge in [0.1, 0.15) is 0 Å². The molecule has 0 atom stereocenters. The molecule has 0 unspecified atom stereocenters. The number of rotatable bonds is 10. The molecule has 0 heterocycles. The van der Waals surface area contributed by atoms with Gasteiger partial charge in [-0.25, -0.2) is 0 Å². The van der Waals surface area contributed by atoms with E-state index in [0.717, 1.165) is 64.2 Å². The van der Waals surface area contributed by atoms with Crippen molar-refractivity contribution in [1.29, 1.82) is 0 Å². The SMILES string of the molecule is CN=C(NCCCOCCc1ccccc1)NCC1(C(=O)N(C)C)CCCC1. The Labute approximate surface area is 169 Å². The summed E-state index contributed by atoms with van der Waals surface area (Å²) in [6.07, 6.45) is 5.99. The minimum atomic E-state index is -0.290. The fourth-order valence-corrected chi connectivity index (χ4v) is 3.78. The van der Waals surface area contributed by atoms with Crippen LogP contribution in [0.1, 0.15) is 37.7 Å². The van der Waals surface area contributed by atoms with E-state index in [2.05, 4.69) is 39.9 Å². The maximum atomic E-state index is 12.6. The first-order chi connectivity index (χ1) is 13.6. The van der Waals surface area contributed by atoms with Gasteiger partial charge in [-0.15, -0.1) is 0 Å². The van der Waals surface area contributed by atoms with Crippen LogP contribution in [0.15, 0.2) is 35.3 Å². The lowest BCUT2D eigenvalue weighted by molar-refractivity contribution is -0.138. The summed E-state index contributed by atoms with van der Waals surface area (Å²) < 4.78 is 5.72. The smallest absolute Gasteiger partial charge is 0.230 e. The van der Waals surface area contributed by atoms with Crippen LogP contribution in [0, 0.1) is 5.41 Å². The Morgan fingerprint density at radius 1 is 1.14 bits per heavy atom. The summed E-state index contributed by atoms with van der Waals surface area (Å²) in [5, 5.41) is 6.68. The van der Waals surface area contributed by atoms with E-state index in [1.165, 1.54) is 5.56 Å². The van der Waals surface area contributed by atoms with Gasteiger partial charge in [-0.3, -0.25) is 9.79 Å². The van der Waals surface area contributed by atoms with Crippen LogP contribution in [-0.4, -0.2) is 64.2 Å². The van der Waals surface area contributed by atoms with Crippen molar-refractivity contribution < 1.29 is 9.53 Å². The molecule has 6 nitrogen and oxygen atoms in total. The van der Waals surface area contributed by atoms with Gasteiger partial charge in [0, 0.05) is 40.8 Å². The molecular formula is C22H36N4O2. The molecule has 1 saturated carbocycles. The summed E-state index contributed by atoms with van der Waals surface area (Å²) in [7, 11) is 5.45. The fraction of sp³-hybridized carbons (Fsp3) is 0.636. The quantitative estimate of drug-likeness (QED) is 0.367. The molecule has 0 aromatic heterocycles. The lowest BCUT2D eigenvalue weighted by Crippen LogP contribution is -2.49. The summed E-state index contributed by atoms with van der Waals surface area (Å²) in [6, 6.07) is 10.4. The molecule has 0 radical (unpaired) electrons. The molecule has 0 bridgehead atoms. The van der Waals surface area contributed by atoms with Crippen LogP contribution in [0.25, 0.3) is 0 Å². The first-order valence-electron chi connectivity index (χ1n) is 10.4. The van der Waals surface area contributed by atoms with E-state index >= 15 is 0 Å². The zero-order valence-corrected chi connectivity index (χ0v) is 17.7. The lowest BCUT2D eigenvalue weighted by atomic mass is 9.84. The minimum Gasteiger partial charge on any atom is -0.381 e. The molecule has 6 heteroatoms. The van der Waals surface area contributed by atoms with Crippen molar-refractivity contribution in [1.82, 2.24) is 15.5 Å². The summed E-state index contributed by atoms with van der Waals surface area (Å²) in [4.78, 5) is 18.6. The number of amides is 1. The molecule has 2 rings (SSSR count). The average Bonchev–Trinajstić information content (AvgIpc) is 3.19. The topological polar surface area (TPSA) is 66.0 Å². The van der Waals surface area contributed by atoms with Gasteiger partial charge in [-0.05, 0) is 31.2 Å². The first-order valence-corrected chi connectivity index (χ1v) is 10.4. The maximum absolute atomic E-state index is 12.6. The number of carbonyl (C=O) groups excluding carboxylic acids is 1. The van der Waals surface area contributed by atoms with Gasteiger partial charge in [0.05, 0.1) is 12.0 Å². The van der Waals surface area contributed by atoms with E-state index < -0.39 is 0 Å². The molecule has 1 aliphatic carbocycles. The fourth-order valence-electron chi connectivity index (χ4n) is 3.78. The highest BCUT2D eigenvalue weighted by molar-refractivity contribution is 5.85. The van der Waals surface area contributed by atoms with Crippen molar-refractivity contribution in [3.63, 3.8) is 0 Å². The Bertz CT molecular complexity index is 610. The predicted octanol–water partition coefficient (Wildman–Crippen LogP) is 2.45. The number of nitrogens with zero attached hydrogens (tertiary/aromatic N) is 2. The number of hydrogen-bond acceptors (Lipinski definition) is 3. The van der Waals surface area contributed by atoms with Gasteiger partial charge in [0.2, 0.25) is 5.91 Å². The Morgan fingerprint density at radius 3 is 2.50 bits per heavy atom. The third kappa shape index (κ3) is 6.82. The van der Waals surface area contributed by atoms with Gasteiger partial charge in [0.25, 0.3) is 0 Å². The van der Waals surface area contributed by atoms with Crippen LogP contribution >= 0.6 is 0 Å². The normalized spacial score (nSPS) is 16.0. The summed E-state index contributed by atoms with van der Waals surface area (Å²) >= 11 is 0. The largest absolute Gasteiger partial charge is 0.381 e. The van der Waals surface area contributed by atoms with E-state index in [4.69, 9.17) is 4.74 Å². The number of aliphatic imine (C=N–C) groups is 1. The van der Waals surface area contributed by atoms with Gasteiger partial charge < -0.3 is 20.3 Å². The van der Waals surface area contributed by atoms with E-state index in [9.17, 15) is 4.79 Å². The van der Waals surface area contributed by atoms with E-state index in [1.807, 2.05) is 20.2 Å². The monoisotopic (exact) mass is 388 g/mol. The highest BCUT2D eigenvalue weighted by atomic mass is 16.5. The molecule has 1 amide bonds. The number of guanidine groups is 1. The Hall–Kier alpha value is -2.08. The van der Waals surface area contributed by atoms with Crippen LogP contribution in [-0.2, 0) is 16.0 Å². The second-order valence-corrected chi connectivity index (χ2v) is 7.74. The number of benzene rings is 1. The number of hydrogen-bond donors (Lipinski definition) is 2. The minimum absolute atomic E-state index is 0.222. The summed E-state index contributed by atoms with van der Waals surface area (Å²) in [5.74, 6) is 0.974. The van der Waals surface area contributed by atoms with Crippen LogP contribution in [0.5, 0.6) is 0 Å². The highest BCUT2D eigenvalue weighted by Gasteiger charge is 2.42. The van der Waals surface area contributed by atoms with E-state index in [1.54, 1.807) is 11.9 Å². The lowest BCUT2D eigenvalue weighted by Gasteiger charge is -2.31. The Balaban J connectivity index is 1.62.